The number of amidine groups is 1. The summed E-state index contributed by atoms with van der Waals surface area (Å²) in [7, 11) is 1.45. The summed E-state index contributed by atoms with van der Waals surface area (Å²) < 4.78 is 4.49. The Hall–Kier alpha value is -0.380. The summed E-state index contributed by atoms with van der Waals surface area (Å²) in [6.07, 6.45) is 0. The summed E-state index contributed by atoms with van der Waals surface area (Å²) in [4.78, 5) is 0. The van der Waals surface area contributed by atoms with Crippen molar-refractivity contribution in [3.63, 3.8) is 0 Å². The van der Waals surface area contributed by atoms with Gasteiger partial charge in [-0.1, -0.05) is 0 Å². The molecule has 0 aromatic heterocycles. The average molecular weight is 134 g/mol. The molecule has 3 nitrogen and oxygen atoms in total. The van der Waals surface area contributed by atoms with Crippen LogP contribution in [0.1, 0.15) is 0 Å². The van der Waals surface area contributed by atoms with Gasteiger partial charge in [-0.05, 0) is 0 Å². The van der Waals surface area contributed by atoms with Crippen LogP contribution in [0, 0.1) is 5.41 Å². The number of rotatable bonds is 2. The van der Waals surface area contributed by atoms with E-state index >= 15 is 0 Å². The molecule has 8 heavy (non-hydrogen) atoms. The first-order chi connectivity index (χ1) is 3.81. The van der Waals surface area contributed by atoms with Crippen LogP contribution in [0.25, 0.3) is 0 Å². The van der Waals surface area contributed by atoms with Gasteiger partial charge in [0.2, 0.25) is 0 Å². The predicted molar refractivity (Wildman–Crippen MR) is 36.6 cm³/mol. The maximum Gasteiger partial charge on any atom is 0.281 e. The molecule has 0 saturated heterocycles. The van der Waals surface area contributed by atoms with Gasteiger partial charge in [-0.2, -0.15) is 12.6 Å². The molecule has 48 valence electrons. The van der Waals surface area contributed by atoms with Crippen molar-refractivity contribution < 1.29 is 4.74 Å². The molecule has 2 N–H and O–H groups in total. The second-order valence-electron chi connectivity index (χ2n) is 1.18. The zero-order valence-electron chi connectivity index (χ0n) is 4.77. The Morgan fingerprint density at radius 3 is 2.88 bits per heavy atom. The van der Waals surface area contributed by atoms with Gasteiger partial charge in [0.1, 0.15) is 0 Å². The highest BCUT2D eigenvalue weighted by Crippen LogP contribution is 1.69. The smallest absolute Gasteiger partial charge is 0.281 e. The minimum Gasteiger partial charge on any atom is -0.469 e. The topological polar surface area (TPSA) is 45.1 Å². The number of nitrogens with one attached hydrogen (secondary N) is 2. The second kappa shape index (κ2) is 4.77. The fourth-order valence-electron chi connectivity index (χ4n) is 0.242. The van der Waals surface area contributed by atoms with E-state index in [1.807, 2.05) is 0 Å². The maximum atomic E-state index is 6.87. The van der Waals surface area contributed by atoms with Crippen LogP contribution in [-0.2, 0) is 4.74 Å². The minimum absolute atomic E-state index is 0.0963. The molecule has 0 heterocycles. The highest BCUT2D eigenvalue weighted by atomic mass is 32.1. The monoisotopic (exact) mass is 134 g/mol. The minimum atomic E-state index is 0.0963. The largest absolute Gasteiger partial charge is 0.469 e. The standard InChI is InChI=1S/C4H10N2OS/c1-7-4(5)6-2-3-8/h8H,2-3H2,1H3,(H2,5,6). The van der Waals surface area contributed by atoms with Crippen molar-refractivity contribution in [2.75, 3.05) is 19.4 Å². The summed E-state index contributed by atoms with van der Waals surface area (Å²) in [5.41, 5.74) is 0. The van der Waals surface area contributed by atoms with Crippen LogP contribution in [0.3, 0.4) is 0 Å². The second-order valence-corrected chi connectivity index (χ2v) is 1.63. The Morgan fingerprint density at radius 1 is 1.88 bits per heavy atom. The van der Waals surface area contributed by atoms with Crippen molar-refractivity contribution in [3.8, 4) is 0 Å². The van der Waals surface area contributed by atoms with Crippen LogP contribution in [0.15, 0.2) is 0 Å². The molecule has 0 bridgehead atoms. The molecule has 0 rings (SSSR count). The fraction of sp³-hybridized carbons (Fsp3) is 0.750. The fourth-order valence-corrected chi connectivity index (χ4v) is 0.353. The Labute approximate surface area is 54.3 Å². The third-order valence-corrected chi connectivity index (χ3v) is 0.825. The van der Waals surface area contributed by atoms with Crippen molar-refractivity contribution >= 4 is 18.7 Å². The van der Waals surface area contributed by atoms with Crippen LogP contribution in [0.5, 0.6) is 0 Å². The van der Waals surface area contributed by atoms with Crippen LogP contribution < -0.4 is 5.32 Å². The summed E-state index contributed by atoms with van der Waals surface area (Å²) in [6.45, 7) is 0.676. The van der Waals surface area contributed by atoms with Crippen LogP contribution >= 0.6 is 12.6 Å². The molecule has 0 radical (unpaired) electrons. The van der Waals surface area contributed by atoms with Crippen LogP contribution in [-0.4, -0.2) is 25.4 Å². The summed E-state index contributed by atoms with van der Waals surface area (Å²) in [5, 5.41) is 9.54. The van der Waals surface area contributed by atoms with Crippen molar-refractivity contribution in [1.29, 1.82) is 5.41 Å². The molecule has 0 aliphatic rings. The Bertz CT molecular complexity index is 76.4. The third-order valence-electron chi connectivity index (χ3n) is 0.601. The van der Waals surface area contributed by atoms with Crippen molar-refractivity contribution in [2.24, 2.45) is 0 Å². The summed E-state index contributed by atoms with van der Waals surface area (Å²) in [6, 6.07) is 0.0963. The highest BCUT2D eigenvalue weighted by Gasteiger charge is 1.86. The van der Waals surface area contributed by atoms with Gasteiger partial charge < -0.3 is 10.1 Å². The normalized spacial score (nSPS) is 8.25. The lowest BCUT2D eigenvalue weighted by molar-refractivity contribution is 0.378. The molecule has 0 aromatic rings. The van der Waals surface area contributed by atoms with E-state index in [4.69, 9.17) is 5.41 Å². The van der Waals surface area contributed by atoms with E-state index in [2.05, 4.69) is 22.7 Å². The Morgan fingerprint density at radius 2 is 2.50 bits per heavy atom. The summed E-state index contributed by atoms with van der Waals surface area (Å²) >= 11 is 3.92. The molecular formula is C4H10N2OS. The van der Waals surface area contributed by atoms with E-state index in [-0.39, 0.29) is 6.02 Å². The van der Waals surface area contributed by atoms with Crippen molar-refractivity contribution in [1.82, 2.24) is 5.32 Å². The van der Waals surface area contributed by atoms with Crippen LogP contribution in [0.2, 0.25) is 0 Å². The molecule has 0 saturated carbocycles. The lowest BCUT2D eigenvalue weighted by Gasteiger charge is -2.01. The molecule has 0 fully saturated rings. The number of ether oxygens (including phenoxy) is 1. The number of hydrogen-bond donors (Lipinski definition) is 3. The average Bonchev–Trinajstić information content (AvgIpc) is 1.83. The lowest BCUT2D eigenvalue weighted by Crippen LogP contribution is -2.25. The van der Waals surface area contributed by atoms with Gasteiger partial charge in [0, 0.05) is 12.3 Å². The first-order valence-electron chi connectivity index (χ1n) is 2.28. The molecule has 0 atom stereocenters. The Kier molecular flexibility index (Phi) is 4.54. The quantitative estimate of drug-likeness (QED) is 0.285. The highest BCUT2D eigenvalue weighted by molar-refractivity contribution is 7.80. The van der Waals surface area contributed by atoms with E-state index in [9.17, 15) is 0 Å². The van der Waals surface area contributed by atoms with Gasteiger partial charge >= 0.3 is 0 Å². The van der Waals surface area contributed by atoms with E-state index in [1.54, 1.807) is 0 Å². The molecule has 4 heteroatoms. The first-order valence-corrected chi connectivity index (χ1v) is 2.91. The molecule has 0 amide bonds. The van der Waals surface area contributed by atoms with Crippen molar-refractivity contribution in [2.45, 2.75) is 0 Å². The van der Waals surface area contributed by atoms with Gasteiger partial charge in [0.25, 0.3) is 6.02 Å². The summed E-state index contributed by atoms with van der Waals surface area (Å²) in [5.74, 6) is 0.714. The number of hydrogen-bond acceptors (Lipinski definition) is 3. The molecule has 0 aliphatic carbocycles. The van der Waals surface area contributed by atoms with E-state index in [0.29, 0.717) is 12.3 Å². The van der Waals surface area contributed by atoms with Gasteiger partial charge in [-0.15, -0.1) is 0 Å². The lowest BCUT2D eigenvalue weighted by atomic mass is 10.7. The SMILES string of the molecule is COC(=N)NCCS. The zero-order chi connectivity index (χ0) is 6.41. The number of methoxy groups -OCH3 is 1. The van der Waals surface area contributed by atoms with Gasteiger partial charge in [0.15, 0.2) is 0 Å². The molecule has 0 unspecified atom stereocenters. The molecule has 0 aliphatic heterocycles. The van der Waals surface area contributed by atoms with Crippen molar-refractivity contribution in [3.05, 3.63) is 0 Å². The molecule has 0 aromatic carbocycles. The van der Waals surface area contributed by atoms with Crippen LogP contribution in [0.4, 0.5) is 0 Å². The van der Waals surface area contributed by atoms with E-state index < -0.39 is 0 Å². The van der Waals surface area contributed by atoms with Gasteiger partial charge in [-0.25, -0.2) is 0 Å². The van der Waals surface area contributed by atoms with Gasteiger partial charge in [-0.3, -0.25) is 5.41 Å². The molecular weight excluding hydrogens is 124 g/mol. The molecule has 0 spiro atoms. The van der Waals surface area contributed by atoms with E-state index in [1.165, 1.54) is 7.11 Å². The number of thiol groups is 1. The van der Waals surface area contributed by atoms with E-state index in [0.717, 1.165) is 0 Å². The first kappa shape index (κ1) is 7.62. The third kappa shape index (κ3) is 3.80. The Balaban J connectivity index is 2.99. The maximum absolute atomic E-state index is 6.87. The predicted octanol–water partition coefficient (Wildman–Crippen LogP) is 0.0870. The van der Waals surface area contributed by atoms with Gasteiger partial charge in [0.05, 0.1) is 7.11 Å². The zero-order valence-corrected chi connectivity index (χ0v) is 5.66.